The van der Waals surface area contributed by atoms with Crippen molar-refractivity contribution in [3.8, 4) is 33.8 Å². The molecule has 0 saturated carbocycles. The number of amides is 2. The highest BCUT2D eigenvalue weighted by Gasteiger charge is 2.25. The number of fused-ring (bicyclic) bond motifs is 8. The number of carbonyl (C=O) groups is 1. The van der Waals surface area contributed by atoms with Gasteiger partial charge >= 0.3 is 6.03 Å². The van der Waals surface area contributed by atoms with Gasteiger partial charge in [-0.15, -0.1) is 0 Å². The summed E-state index contributed by atoms with van der Waals surface area (Å²) in [6, 6.07) is 31.9. The molecule has 0 atom stereocenters. The van der Waals surface area contributed by atoms with E-state index in [0.29, 0.717) is 24.7 Å². The quantitative estimate of drug-likeness (QED) is 0.0864. The Bertz CT molecular complexity index is 2210. The number of alkyl halides is 1. The fraction of sp³-hybridized carbons (Fsp3) is 0.167. The van der Waals surface area contributed by atoms with Crippen molar-refractivity contribution in [3.05, 3.63) is 144 Å². The van der Waals surface area contributed by atoms with Gasteiger partial charge in [0.2, 0.25) is 0 Å². The first-order valence-electron chi connectivity index (χ1n) is 17.7. The molecule has 262 valence electrons. The van der Waals surface area contributed by atoms with Gasteiger partial charge in [0, 0.05) is 96.4 Å². The van der Waals surface area contributed by atoms with Crippen molar-refractivity contribution in [1.29, 1.82) is 0 Å². The zero-order chi connectivity index (χ0) is 36.6. The third-order valence-corrected chi connectivity index (χ3v) is 9.25. The average molecular weight is 804 g/mol. The van der Waals surface area contributed by atoms with Crippen LogP contribution in [0.5, 0.6) is 11.5 Å². The number of hydrogen-bond donors (Lipinski definition) is 3. The van der Waals surface area contributed by atoms with Crippen LogP contribution in [-0.4, -0.2) is 34.0 Å². The zero-order valence-corrected chi connectivity index (χ0v) is 30.7. The van der Waals surface area contributed by atoms with Gasteiger partial charge in [0.15, 0.2) is 0 Å². The Labute approximate surface area is 318 Å². The molecule has 0 unspecified atom stereocenters. The molecule has 4 N–H and O–H groups in total. The van der Waals surface area contributed by atoms with E-state index >= 15 is 0 Å². The smallest absolute Gasteiger partial charge is 0.326 e. The first kappa shape index (κ1) is 33.5. The number of halogens is 1. The van der Waals surface area contributed by atoms with Crippen LogP contribution in [-0.2, 0) is 26.1 Å². The van der Waals surface area contributed by atoms with Crippen molar-refractivity contribution in [2.45, 2.75) is 26.1 Å². The van der Waals surface area contributed by atoms with Gasteiger partial charge in [0.05, 0.1) is 0 Å². The highest BCUT2D eigenvalue weighted by molar-refractivity contribution is 14.1. The number of nitrogens with one attached hydrogen (secondary N) is 2. The predicted molar refractivity (Wildman–Crippen MR) is 218 cm³/mol. The van der Waals surface area contributed by atoms with Crippen molar-refractivity contribution in [2.24, 2.45) is 0 Å². The van der Waals surface area contributed by atoms with Crippen LogP contribution < -0.4 is 30.7 Å². The maximum atomic E-state index is 12.7. The minimum atomic E-state index is -0.115. The second kappa shape index (κ2) is 16.2. The third-order valence-electron chi connectivity index (χ3n) is 9.25. The molecule has 0 saturated heterocycles. The number of carbonyl (C=O) groups excluding carboxylic acids is 1. The SMILES string of the molecule is Nc1ccc2c(c1)OCc1cnccc1-2.O=C(Nc1ccc2c(c1)OCc1cnccc1-2)N1CCc2ccccc21.[2H]CI.c1ccc2c(c1)CCN2. The van der Waals surface area contributed by atoms with E-state index < -0.39 is 0 Å². The van der Waals surface area contributed by atoms with Gasteiger partial charge in [-0.1, -0.05) is 59.0 Å². The standard InChI is InChI=1S/C21H17N3O2.C12H10N2O.C8H9N.CH3I/c25-21(24-10-8-14-3-1-2-4-19(14)24)23-16-5-6-18-17-7-9-22-12-15(17)13-26-20(18)11-16;13-9-1-2-11-10-3-4-14-6-8(10)7-15-12(11)5-9;1-2-4-8-7(3-1)5-6-9-8;1-2/h1-7,9,11-12H,8,10,13H2,(H,23,25);1-6H,7,13H2;1-4,9H,5-6H2;1H3/i;;;1D. The van der Waals surface area contributed by atoms with E-state index in [4.69, 9.17) is 16.6 Å². The van der Waals surface area contributed by atoms with Crippen LogP contribution in [0.25, 0.3) is 22.3 Å². The number of nitrogen functional groups attached to an aromatic ring is 1. The van der Waals surface area contributed by atoms with Crippen LogP contribution in [0.4, 0.5) is 27.5 Å². The highest BCUT2D eigenvalue weighted by Crippen LogP contribution is 2.39. The fourth-order valence-electron chi connectivity index (χ4n) is 6.73. The number of aromatic nitrogens is 2. The zero-order valence-electron chi connectivity index (χ0n) is 29.5. The lowest BCUT2D eigenvalue weighted by Crippen LogP contribution is -2.33. The molecule has 52 heavy (non-hydrogen) atoms. The summed E-state index contributed by atoms with van der Waals surface area (Å²) in [6.45, 7) is 2.87. The Morgan fingerprint density at radius 3 is 2.13 bits per heavy atom. The Morgan fingerprint density at radius 1 is 0.788 bits per heavy atom. The molecule has 2 amide bonds. The van der Waals surface area contributed by atoms with E-state index in [2.05, 4.69) is 50.9 Å². The number of benzene rings is 4. The molecule has 10 rings (SSSR count). The number of urea groups is 1. The Balaban J connectivity index is 0.000000135. The summed E-state index contributed by atoms with van der Waals surface area (Å²) >= 11 is 1.96. The normalized spacial score (nSPS) is 13.6. The fourth-order valence-corrected chi connectivity index (χ4v) is 6.73. The highest BCUT2D eigenvalue weighted by atomic mass is 127. The number of pyridine rings is 2. The maximum Gasteiger partial charge on any atom is 0.326 e. The number of ether oxygens (including phenoxy) is 2. The van der Waals surface area contributed by atoms with Gasteiger partial charge in [0.25, 0.3) is 0 Å². The first-order valence-corrected chi connectivity index (χ1v) is 18.5. The molecule has 10 heteroatoms. The number of para-hydroxylation sites is 2. The lowest BCUT2D eigenvalue weighted by atomic mass is 9.99. The van der Waals surface area contributed by atoms with Crippen molar-refractivity contribution < 1.29 is 15.6 Å². The second-order valence-electron chi connectivity index (χ2n) is 12.4. The molecular formula is C42H39IN6O3. The second-order valence-corrected chi connectivity index (χ2v) is 12.4. The summed E-state index contributed by atoms with van der Waals surface area (Å²) in [6.07, 6.45) is 9.34. The summed E-state index contributed by atoms with van der Waals surface area (Å²) in [5.41, 5.74) is 18.8. The molecule has 0 radical (unpaired) electrons. The molecule has 6 heterocycles. The largest absolute Gasteiger partial charge is 0.488 e. The molecule has 0 fully saturated rings. The van der Waals surface area contributed by atoms with E-state index in [-0.39, 0.29) is 6.03 Å². The minimum absolute atomic E-state index is 0.115. The number of rotatable bonds is 1. The molecule has 0 bridgehead atoms. The number of nitrogens with zero attached hydrogens (tertiary/aromatic N) is 3. The molecular weight excluding hydrogens is 763 g/mol. The number of hydrogen-bond acceptors (Lipinski definition) is 7. The Hall–Kier alpha value is -5.62. The summed E-state index contributed by atoms with van der Waals surface area (Å²) in [4.78, 5) is 23.2. The molecule has 0 spiro atoms. The van der Waals surface area contributed by atoms with Crippen LogP contribution in [0.1, 0.15) is 23.6 Å². The van der Waals surface area contributed by atoms with Crippen LogP contribution in [0.2, 0.25) is 0 Å². The molecule has 9 nitrogen and oxygen atoms in total. The maximum absolute atomic E-state index is 12.7. The van der Waals surface area contributed by atoms with Crippen LogP contribution in [0, 0.1) is 0 Å². The number of nitrogens with two attached hydrogens (primary N) is 1. The Kier molecular flexibility index (Phi) is 10.4. The predicted octanol–water partition coefficient (Wildman–Crippen LogP) is 9.16. The molecule has 4 aromatic carbocycles. The van der Waals surface area contributed by atoms with Gasteiger partial charge in [-0.25, -0.2) is 4.79 Å². The van der Waals surface area contributed by atoms with Gasteiger partial charge in [0.1, 0.15) is 24.7 Å². The van der Waals surface area contributed by atoms with Gasteiger partial charge in [-0.05, 0) is 88.5 Å². The molecule has 2 aromatic heterocycles. The van der Waals surface area contributed by atoms with E-state index in [1.807, 2.05) is 102 Å². The Morgan fingerprint density at radius 2 is 1.42 bits per heavy atom. The van der Waals surface area contributed by atoms with Crippen LogP contribution >= 0.6 is 22.6 Å². The monoisotopic (exact) mass is 803 g/mol. The molecule has 6 aromatic rings. The van der Waals surface area contributed by atoms with Crippen molar-refractivity contribution in [2.75, 3.05) is 39.3 Å². The van der Waals surface area contributed by atoms with Gasteiger partial charge in [-0.2, -0.15) is 0 Å². The van der Waals surface area contributed by atoms with Crippen LogP contribution in [0.15, 0.2) is 122 Å². The summed E-state index contributed by atoms with van der Waals surface area (Å²) in [7, 11) is 0. The lowest BCUT2D eigenvalue weighted by molar-refractivity contribution is 0.257. The van der Waals surface area contributed by atoms with E-state index in [1.165, 1.54) is 28.8 Å². The van der Waals surface area contributed by atoms with E-state index in [9.17, 15) is 4.79 Å². The van der Waals surface area contributed by atoms with Gasteiger partial charge < -0.3 is 25.8 Å². The summed E-state index contributed by atoms with van der Waals surface area (Å²) in [5, 5.41) is 6.29. The summed E-state index contributed by atoms with van der Waals surface area (Å²) in [5.74, 6) is 1.64. The number of anilines is 4. The topological polar surface area (TPSA) is 115 Å². The van der Waals surface area contributed by atoms with Crippen molar-refractivity contribution >= 4 is 51.4 Å². The average Bonchev–Trinajstić information content (AvgIpc) is 3.86. The minimum Gasteiger partial charge on any atom is -0.488 e. The van der Waals surface area contributed by atoms with E-state index in [0.717, 1.165) is 69.3 Å². The molecule has 0 aliphatic carbocycles. The van der Waals surface area contributed by atoms with Crippen molar-refractivity contribution in [1.82, 2.24) is 9.97 Å². The van der Waals surface area contributed by atoms with Gasteiger partial charge in [-0.3, -0.25) is 14.9 Å². The summed E-state index contributed by atoms with van der Waals surface area (Å²) < 4.78 is 17.7. The van der Waals surface area contributed by atoms with Crippen LogP contribution in [0.3, 0.4) is 0 Å². The van der Waals surface area contributed by atoms with E-state index in [1.54, 1.807) is 17.3 Å². The molecule has 4 aliphatic rings. The third kappa shape index (κ3) is 7.52. The van der Waals surface area contributed by atoms with Crippen molar-refractivity contribution in [3.63, 3.8) is 0 Å². The first-order chi connectivity index (χ1) is 26.0. The lowest BCUT2D eigenvalue weighted by Gasteiger charge is -2.22. The molecule has 4 aliphatic heterocycles.